The molecule has 0 radical (unpaired) electrons. The van der Waals surface area contributed by atoms with Gasteiger partial charge in [0, 0.05) is 32.4 Å². The van der Waals surface area contributed by atoms with Crippen LogP contribution in [0.3, 0.4) is 0 Å². The van der Waals surface area contributed by atoms with Gasteiger partial charge in [0.15, 0.2) is 0 Å². The summed E-state index contributed by atoms with van der Waals surface area (Å²) in [6.45, 7) is 6.98. The fourth-order valence-corrected chi connectivity index (χ4v) is 3.03. The number of halogens is 1. The number of nitrogens with two attached hydrogens (primary N) is 1. The van der Waals surface area contributed by atoms with Gasteiger partial charge in [0.2, 0.25) is 5.95 Å². The topological polar surface area (TPSA) is 104 Å². The molecule has 0 bridgehead atoms. The summed E-state index contributed by atoms with van der Waals surface area (Å²) in [6.07, 6.45) is 3.24. The van der Waals surface area contributed by atoms with Gasteiger partial charge in [-0.25, -0.2) is 19.3 Å². The minimum absolute atomic E-state index is 0.0807. The van der Waals surface area contributed by atoms with E-state index in [0.717, 1.165) is 38.1 Å². The molecule has 27 heavy (non-hydrogen) atoms. The molecular formula is C18H22FN7O. The van der Waals surface area contributed by atoms with E-state index >= 15 is 0 Å². The van der Waals surface area contributed by atoms with Crippen LogP contribution in [0.2, 0.25) is 0 Å². The molecule has 1 amide bonds. The number of hydrogen-bond donors (Lipinski definition) is 2. The normalized spacial score (nSPS) is 14.0. The van der Waals surface area contributed by atoms with E-state index in [0.29, 0.717) is 17.0 Å². The summed E-state index contributed by atoms with van der Waals surface area (Å²) >= 11 is 0. The van der Waals surface area contributed by atoms with Crippen molar-refractivity contribution >= 4 is 28.7 Å². The lowest BCUT2D eigenvalue weighted by Crippen LogP contribution is -2.47. The maximum atomic E-state index is 13.7. The highest BCUT2D eigenvalue weighted by Gasteiger charge is 2.22. The molecule has 2 aromatic heterocycles. The molecule has 0 unspecified atom stereocenters. The van der Waals surface area contributed by atoms with Crippen molar-refractivity contribution in [3.05, 3.63) is 42.1 Å². The van der Waals surface area contributed by atoms with Gasteiger partial charge in [0.25, 0.3) is 5.91 Å². The second kappa shape index (κ2) is 7.98. The lowest BCUT2D eigenvalue weighted by atomic mass is 10.1. The van der Waals surface area contributed by atoms with Crippen molar-refractivity contribution in [1.82, 2.24) is 19.9 Å². The van der Waals surface area contributed by atoms with Crippen LogP contribution in [0.25, 0.3) is 11.0 Å². The Kier molecular flexibility index (Phi) is 5.49. The molecule has 4 rings (SSSR count). The zero-order valence-corrected chi connectivity index (χ0v) is 15.3. The van der Waals surface area contributed by atoms with Gasteiger partial charge in [-0.05, 0) is 18.2 Å². The Morgan fingerprint density at radius 2 is 1.89 bits per heavy atom. The predicted molar refractivity (Wildman–Crippen MR) is 102 cm³/mol. The summed E-state index contributed by atoms with van der Waals surface area (Å²) < 4.78 is 13.7. The van der Waals surface area contributed by atoms with E-state index in [9.17, 15) is 9.18 Å². The molecule has 142 valence electrons. The van der Waals surface area contributed by atoms with Crippen molar-refractivity contribution in [3.63, 3.8) is 0 Å². The lowest BCUT2D eigenvalue weighted by Gasteiger charge is -2.35. The molecule has 0 saturated carbocycles. The molecule has 1 aliphatic heterocycles. The van der Waals surface area contributed by atoms with Crippen LogP contribution < -0.4 is 15.5 Å². The number of aromatic nitrogens is 4. The molecule has 9 heteroatoms. The molecule has 1 saturated heterocycles. The van der Waals surface area contributed by atoms with Crippen LogP contribution in [0.15, 0.2) is 30.7 Å². The zero-order valence-electron chi connectivity index (χ0n) is 15.3. The van der Waals surface area contributed by atoms with Gasteiger partial charge in [0.05, 0.1) is 11.1 Å². The minimum Gasteiger partial charge on any atom is -0.366 e. The number of primary amides is 1. The van der Waals surface area contributed by atoms with Crippen LogP contribution in [-0.4, -0.2) is 52.0 Å². The number of aromatic amines is 1. The van der Waals surface area contributed by atoms with Crippen LogP contribution in [0, 0.1) is 5.82 Å². The number of fused-ring (bicyclic) bond motifs is 1. The maximum Gasteiger partial charge on any atom is 0.251 e. The van der Waals surface area contributed by atoms with Crippen molar-refractivity contribution < 1.29 is 9.18 Å². The summed E-state index contributed by atoms with van der Waals surface area (Å²) in [7, 11) is 0. The third kappa shape index (κ3) is 3.81. The van der Waals surface area contributed by atoms with Crippen LogP contribution in [0.5, 0.6) is 0 Å². The number of anilines is 2. The molecule has 0 spiro atoms. The summed E-state index contributed by atoms with van der Waals surface area (Å²) in [5, 5.41) is 0. The van der Waals surface area contributed by atoms with Crippen LogP contribution in [0.4, 0.5) is 16.2 Å². The number of rotatable bonds is 3. The van der Waals surface area contributed by atoms with E-state index in [1.807, 2.05) is 19.9 Å². The predicted octanol–water partition coefficient (Wildman–Crippen LogP) is 1.94. The van der Waals surface area contributed by atoms with E-state index < -0.39 is 11.7 Å². The van der Waals surface area contributed by atoms with Crippen molar-refractivity contribution in [2.24, 2.45) is 5.73 Å². The van der Waals surface area contributed by atoms with Crippen molar-refractivity contribution in [2.45, 2.75) is 13.8 Å². The molecule has 8 nitrogen and oxygen atoms in total. The highest BCUT2D eigenvalue weighted by atomic mass is 19.1. The quantitative estimate of drug-likeness (QED) is 0.729. The van der Waals surface area contributed by atoms with Crippen LogP contribution >= 0.6 is 0 Å². The first-order chi connectivity index (χ1) is 13.1. The van der Waals surface area contributed by atoms with Gasteiger partial charge < -0.3 is 20.5 Å². The number of nitrogens with one attached hydrogen (secondary N) is 1. The third-order valence-electron chi connectivity index (χ3n) is 4.27. The van der Waals surface area contributed by atoms with Crippen molar-refractivity contribution in [1.29, 1.82) is 0 Å². The average Bonchev–Trinajstić information content (AvgIpc) is 3.13. The number of hydrogen-bond acceptors (Lipinski definition) is 6. The SMILES string of the molecule is CC.NC(=O)c1cc(F)cc2[nH]c(N3CCN(c4ccncn4)CC3)nc12. The highest BCUT2D eigenvalue weighted by Crippen LogP contribution is 2.23. The average molecular weight is 371 g/mol. The molecule has 1 aliphatic rings. The molecule has 3 heterocycles. The first kappa shape index (κ1) is 18.6. The molecule has 0 atom stereocenters. The Labute approximate surface area is 156 Å². The number of benzene rings is 1. The number of piperazine rings is 1. The fourth-order valence-electron chi connectivity index (χ4n) is 3.03. The summed E-state index contributed by atoms with van der Waals surface area (Å²) in [4.78, 5) is 31.5. The Morgan fingerprint density at radius 3 is 2.52 bits per heavy atom. The van der Waals surface area contributed by atoms with E-state index in [1.54, 1.807) is 6.20 Å². The maximum absolute atomic E-state index is 13.7. The molecule has 1 fully saturated rings. The number of imidazole rings is 1. The highest BCUT2D eigenvalue weighted by molar-refractivity contribution is 6.04. The van der Waals surface area contributed by atoms with Crippen LogP contribution in [-0.2, 0) is 0 Å². The number of nitrogens with zero attached hydrogens (tertiary/aromatic N) is 5. The molecule has 3 aromatic rings. The zero-order chi connectivity index (χ0) is 19.4. The van der Waals surface area contributed by atoms with E-state index in [4.69, 9.17) is 5.73 Å². The second-order valence-electron chi connectivity index (χ2n) is 5.82. The monoisotopic (exact) mass is 371 g/mol. The fraction of sp³-hybridized carbons (Fsp3) is 0.333. The molecule has 0 aliphatic carbocycles. The minimum atomic E-state index is -0.698. The van der Waals surface area contributed by atoms with E-state index in [1.165, 1.54) is 12.4 Å². The van der Waals surface area contributed by atoms with Gasteiger partial charge in [-0.15, -0.1) is 0 Å². The lowest BCUT2D eigenvalue weighted by molar-refractivity contribution is 0.100. The Hall–Kier alpha value is -3.23. The van der Waals surface area contributed by atoms with Gasteiger partial charge in [-0.3, -0.25) is 4.79 Å². The number of H-pyrrole nitrogens is 1. The Bertz CT molecular complexity index is 920. The smallest absolute Gasteiger partial charge is 0.251 e. The van der Waals surface area contributed by atoms with Crippen molar-refractivity contribution in [2.75, 3.05) is 36.0 Å². The standard InChI is InChI=1S/C16H16FN7O.C2H6/c17-10-7-11(15(18)25)14-12(8-10)21-16(22-14)24-5-3-23(4-6-24)13-1-2-19-9-20-13;1-2/h1-2,7-9H,3-6H2,(H2,18,25)(H,21,22);1-2H3. The largest absolute Gasteiger partial charge is 0.366 e. The number of carbonyl (C=O) groups is 1. The van der Waals surface area contributed by atoms with Crippen LogP contribution in [0.1, 0.15) is 24.2 Å². The molecule has 1 aromatic carbocycles. The van der Waals surface area contributed by atoms with Crippen molar-refractivity contribution in [3.8, 4) is 0 Å². The second-order valence-corrected chi connectivity index (χ2v) is 5.82. The van der Waals surface area contributed by atoms with E-state index in [-0.39, 0.29) is 5.56 Å². The van der Waals surface area contributed by atoms with Gasteiger partial charge in [-0.1, -0.05) is 13.8 Å². The first-order valence-electron chi connectivity index (χ1n) is 8.87. The first-order valence-corrected chi connectivity index (χ1v) is 8.87. The Morgan fingerprint density at radius 1 is 1.19 bits per heavy atom. The van der Waals surface area contributed by atoms with Gasteiger partial charge >= 0.3 is 0 Å². The third-order valence-corrected chi connectivity index (χ3v) is 4.27. The molecule has 3 N–H and O–H groups in total. The summed E-state index contributed by atoms with van der Waals surface area (Å²) in [5.41, 5.74) is 6.26. The summed E-state index contributed by atoms with van der Waals surface area (Å²) in [5.74, 6) is 0.268. The summed E-state index contributed by atoms with van der Waals surface area (Å²) in [6, 6.07) is 4.30. The number of amides is 1. The van der Waals surface area contributed by atoms with Gasteiger partial charge in [0.1, 0.15) is 23.5 Å². The van der Waals surface area contributed by atoms with Gasteiger partial charge in [-0.2, -0.15) is 0 Å². The molecular weight excluding hydrogens is 349 g/mol. The van der Waals surface area contributed by atoms with E-state index in [2.05, 4.69) is 29.7 Å². The number of carbonyl (C=O) groups excluding carboxylic acids is 1. The Balaban J connectivity index is 0.00000102.